The zero-order valence-corrected chi connectivity index (χ0v) is 12.8. The Morgan fingerprint density at radius 1 is 1.22 bits per heavy atom. The number of aryl methyl sites for hydroxylation is 1. The predicted molar refractivity (Wildman–Crippen MR) is 85.9 cm³/mol. The number of nitrogens with zero attached hydrogens (tertiary/aromatic N) is 5. The van der Waals surface area contributed by atoms with Gasteiger partial charge in [-0.25, -0.2) is 4.98 Å². The smallest absolute Gasteiger partial charge is 0.168 e. The van der Waals surface area contributed by atoms with E-state index < -0.39 is 0 Å². The van der Waals surface area contributed by atoms with Crippen LogP contribution < -0.4 is 5.32 Å². The summed E-state index contributed by atoms with van der Waals surface area (Å²) in [6.07, 6.45) is 2.01. The van der Waals surface area contributed by atoms with Crippen LogP contribution in [0.15, 0.2) is 46.9 Å². The van der Waals surface area contributed by atoms with Gasteiger partial charge in [0, 0.05) is 29.7 Å². The molecule has 1 aromatic carbocycles. The van der Waals surface area contributed by atoms with Crippen molar-refractivity contribution in [1.82, 2.24) is 9.55 Å². The fourth-order valence-electron chi connectivity index (χ4n) is 2.23. The molecule has 0 aliphatic carbocycles. The average molecular weight is 318 g/mol. The molecular formula is C16H10N6S. The molecule has 0 radical (unpaired) electrons. The topological polar surface area (TPSA) is 101 Å². The molecule has 0 saturated carbocycles. The molecule has 1 aliphatic rings. The molecule has 0 amide bonds. The van der Waals surface area contributed by atoms with Crippen LogP contribution in [0.3, 0.4) is 0 Å². The van der Waals surface area contributed by atoms with Crippen LogP contribution in [0.2, 0.25) is 0 Å². The Morgan fingerprint density at radius 3 is 2.74 bits per heavy atom. The summed E-state index contributed by atoms with van der Waals surface area (Å²) in [7, 11) is 0. The number of rotatable bonds is 3. The molecule has 0 atom stereocenters. The number of anilines is 1. The second kappa shape index (κ2) is 6.27. The third-order valence-corrected chi connectivity index (χ3v) is 4.29. The van der Waals surface area contributed by atoms with Crippen LogP contribution in [0.4, 0.5) is 5.69 Å². The number of aromatic nitrogens is 2. The fourth-order valence-corrected chi connectivity index (χ4v) is 3.18. The first-order valence-electron chi connectivity index (χ1n) is 6.77. The molecule has 2 heterocycles. The second-order valence-corrected chi connectivity index (χ2v) is 5.80. The second-order valence-electron chi connectivity index (χ2n) is 4.74. The van der Waals surface area contributed by atoms with Crippen molar-refractivity contribution in [3.8, 4) is 29.5 Å². The van der Waals surface area contributed by atoms with Crippen LogP contribution in [-0.2, 0) is 6.54 Å². The van der Waals surface area contributed by atoms with Crippen molar-refractivity contribution < 1.29 is 0 Å². The van der Waals surface area contributed by atoms with Gasteiger partial charge < -0.3 is 9.88 Å². The number of fused-ring (bicyclic) bond motifs is 1. The number of benzene rings is 1. The maximum Gasteiger partial charge on any atom is 0.168 e. The molecule has 3 rings (SSSR count). The maximum absolute atomic E-state index is 9.09. The highest BCUT2D eigenvalue weighted by atomic mass is 32.2. The summed E-state index contributed by atoms with van der Waals surface area (Å²) >= 11 is 1.73. The molecule has 0 saturated heterocycles. The Balaban J connectivity index is 1.92. The van der Waals surface area contributed by atoms with Gasteiger partial charge in [0.15, 0.2) is 10.7 Å². The molecule has 23 heavy (non-hydrogen) atoms. The highest BCUT2D eigenvalue weighted by Gasteiger charge is 2.15. The van der Waals surface area contributed by atoms with Gasteiger partial charge in [-0.1, -0.05) is 23.9 Å². The van der Waals surface area contributed by atoms with E-state index in [-0.39, 0.29) is 11.3 Å². The molecule has 1 aliphatic heterocycles. The highest BCUT2D eigenvalue weighted by Crippen LogP contribution is 2.30. The summed E-state index contributed by atoms with van der Waals surface area (Å²) in [5, 5.41) is 30.7. The summed E-state index contributed by atoms with van der Waals surface area (Å²) in [5.41, 5.74) is 2.09. The predicted octanol–water partition coefficient (Wildman–Crippen LogP) is 2.89. The molecule has 110 valence electrons. The summed E-state index contributed by atoms with van der Waals surface area (Å²) in [6, 6.07) is 12.6. The van der Waals surface area contributed by atoms with Crippen molar-refractivity contribution in [3.63, 3.8) is 0 Å². The number of hydrogen-bond acceptors (Lipinski definition) is 6. The van der Waals surface area contributed by atoms with Crippen LogP contribution in [0.1, 0.15) is 0 Å². The van der Waals surface area contributed by atoms with E-state index in [1.54, 1.807) is 30.0 Å². The summed E-state index contributed by atoms with van der Waals surface area (Å²) < 4.78 is 2.12. The van der Waals surface area contributed by atoms with Gasteiger partial charge in [0.1, 0.15) is 23.9 Å². The number of allylic oxidation sites excluding steroid dienone is 2. The van der Waals surface area contributed by atoms with E-state index in [9.17, 15) is 0 Å². The molecule has 1 aromatic heterocycles. The minimum atomic E-state index is -0.240. The summed E-state index contributed by atoms with van der Waals surface area (Å²) in [6.45, 7) is 0.958. The van der Waals surface area contributed by atoms with Gasteiger partial charge in [-0.3, -0.25) is 0 Å². The van der Waals surface area contributed by atoms with Crippen LogP contribution in [-0.4, -0.2) is 15.3 Å². The first-order chi connectivity index (χ1) is 11.2. The van der Waals surface area contributed by atoms with Gasteiger partial charge in [0.05, 0.1) is 5.69 Å². The lowest BCUT2D eigenvalue weighted by Gasteiger charge is -2.06. The fraction of sp³-hybridized carbons (Fsp3) is 0.125. The average Bonchev–Trinajstić information content (AvgIpc) is 3.17. The van der Waals surface area contributed by atoms with E-state index in [0.717, 1.165) is 28.7 Å². The van der Waals surface area contributed by atoms with Crippen LogP contribution in [0.5, 0.6) is 0 Å². The molecule has 1 N–H and O–H groups in total. The van der Waals surface area contributed by atoms with E-state index >= 15 is 0 Å². The molecule has 0 spiro atoms. The lowest BCUT2D eigenvalue weighted by molar-refractivity contribution is 0.719. The van der Waals surface area contributed by atoms with Crippen molar-refractivity contribution in [1.29, 1.82) is 15.8 Å². The molecule has 0 bridgehead atoms. The maximum atomic E-state index is 9.09. The van der Waals surface area contributed by atoms with Gasteiger partial charge in [-0.15, -0.1) is 0 Å². The van der Waals surface area contributed by atoms with Crippen molar-refractivity contribution in [3.05, 3.63) is 41.7 Å². The van der Waals surface area contributed by atoms with Gasteiger partial charge in [0.25, 0.3) is 0 Å². The number of nitriles is 3. The summed E-state index contributed by atoms with van der Waals surface area (Å²) in [5.74, 6) is 1.05. The quantitative estimate of drug-likeness (QED) is 0.873. The number of imidazole rings is 1. The Bertz CT molecular complexity index is 882. The first-order valence-corrected chi connectivity index (χ1v) is 7.75. The van der Waals surface area contributed by atoms with Gasteiger partial charge in [-0.2, -0.15) is 15.8 Å². The largest absolute Gasteiger partial charge is 0.345 e. The van der Waals surface area contributed by atoms with E-state index in [4.69, 9.17) is 15.8 Å². The lowest BCUT2D eigenvalue weighted by atomic mass is 10.1. The number of hydrogen-bond donors (Lipinski definition) is 1. The minimum absolute atomic E-state index is 0.0601. The standard InChI is InChI=1S/C16H10N6S/c17-7-12(8-18)14(9-19)20-13-3-1-2-11(6-13)15-10-22-4-5-23-16(22)21-15/h1-3,6,10,20H,4-5H2. The molecule has 2 aromatic rings. The van der Waals surface area contributed by atoms with Crippen LogP contribution in [0, 0.1) is 34.0 Å². The normalized spacial score (nSPS) is 11.7. The van der Waals surface area contributed by atoms with E-state index in [0.29, 0.717) is 5.69 Å². The third kappa shape index (κ3) is 2.89. The molecule has 7 heteroatoms. The SMILES string of the molecule is N#CC(C#N)=C(C#N)Nc1cccc(-c2cn3c(n2)SCC3)c1. The van der Waals surface area contributed by atoms with Crippen LogP contribution in [0.25, 0.3) is 11.3 Å². The molecule has 0 unspecified atom stereocenters. The number of nitrogens with one attached hydrogen (secondary N) is 1. The minimum Gasteiger partial charge on any atom is -0.345 e. The van der Waals surface area contributed by atoms with Crippen LogP contribution >= 0.6 is 11.8 Å². The zero-order valence-electron chi connectivity index (χ0n) is 11.9. The van der Waals surface area contributed by atoms with Gasteiger partial charge >= 0.3 is 0 Å². The van der Waals surface area contributed by atoms with Gasteiger partial charge in [0.2, 0.25) is 0 Å². The number of thioether (sulfide) groups is 1. The summed E-state index contributed by atoms with van der Waals surface area (Å²) in [4.78, 5) is 4.59. The molecular weight excluding hydrogens is 308 g/mol. The Morgan fingerprint density at radius 2 is 2.04 bits per heavy atom. The Hall–Kier alpha value is -3.21. The van der Waals surface area contributed by atoms with E-state index in [1.165, 1.54) is 0 Å². The monoisotopic (exact) mass is 318 g/mol. The molecule has 0 fully saturated rings. The van der Waals surface area contributed by atoms with Crippen molar-refractivity contribution >= 4 is 17.4 Å². The van der Waals surface area contributed by atoms with Crippen molar-refractivity contribution in [2.45, 2.75) is 11.7 Å². The first kappa shape index (κ1) is 14.7. The van der Waals surface area contributed by atoms with Crippen molar-refractivity contribution in [2.24, 2.45) is 0 Å². The van der Waals surface area contributed by atoms with E-state index in [2.05, 4.69) is 14.9 Å². The lowest BCUT2D eigenvalue weighted by Crippen LogP contribution is -2.00. The zero-order chi connectivity index (χ0) is 16.2. The van der Waals surface area contributed by atoms with E-state index in [1.807, 2.05) is 30.5 Å². The Kier molecular flexibility index (Phi) is 4.01. The highest BCUT2D eigenvalue weighted by molar-refractivity contribution is 7.99. The van der Waals surface area contributed by atoms with Crippen molar-refractivity contribution in [2.75, 3.05) is 11.1 Å². The molecule has 6 nitrogen and oxygen atoms in total. The third-order valence-electron chi connectivity index (χ3n) is 3.32. The Labute approximate surface area is 137 Å². The van der Waals surface area contributed by atoms with Gasteiger partial charge in [-0.05, 0) is 12.1 Å².